The van der Waals surface area contributed by atoms with E-state index in [-0.39, 0.29) is 34.7 Å². The van der Waals surface area contributed by atoms with Gasteiger partial charge in [0.1, 0.15) is 23.3 Å². The summed E-state index contributed by atoms with van der Waals surface area (Å²) in [7, 11) is 1.72. The summed E-state index contributed by atoms with van der Waals surface area (Å²) in [6.07, 6.45) is 3.82. The van der Waals surface area contributed by atoms with Crippen molar-refractivity contribution >= 4 is 23.6 Å². The molecule has 2 amide bonds. The number of pyridine rings is 1. The molecule has 35 heavy (non-hydrogen) atoms. The largest absolute Gasteiger partial charge is 0.444 e. The minimum atomic E-state index is -0.785. The molecule has 190 valence electrons. The highest BCUT2D eigenvalue weighted by molar-refractivity contribution is 6.07. The number of amides is 2. The molecule has 4 rings (SSSR count). The molecule has 0 radical (unpaired) electrons. The molecule has 2 aromatic rings. The number of aryl methyl sites for hydroxylation is 1. The number of halogens is 1. The van der Waals surface area contributed by atoms with Gasteiger partial charge in [0.15, 0.2) is 5.82 Å². The van der Waals surface area contributed by atoms with Crippen LogP contribution in [-0.2, 0) is 11.8 Å². The molecule has 1 unspecified atom stereocenters. The van der Waals surface area contributed by atoms with Gasteiger partial charge in [0.25, 0.3) is 5.91 Å². The summed E-state index contributed by atoms with van der Waals surface area (Å²) >= 11 is 0. The third-order valence-electron chi connectivity index (χ3n) is 6.41. The van der Waals surface area contributed by atoms with Gasteiger partial charge in [0, 0.05) is 25.3 Å². The van der Waals surface area contributed by atoms with E-state index < -0.39 is 29.7 Å². The topological polar surface area (TPSA) is 130 Å². The van der Waals surface area contributed by atoms with Crippen LogP contribution in [0, 0.1) is 11.4 Å². The summed E-state index contributed by atoms with van der Waals surface area (Å²) < 4.78 is 20.8. The van der Waals surface area contributed by atoms with E-state index in [0.717, 1.165) is 31.7 Å². The molecule has 2 heterocycles. The minimum Gasteiger partial charge on any atom is -0.444 e. The lowest BCUT2D eigenvalue weighted by Gasteiger charge is -2.57. The van der Waals surface area contributed by atoms with E-state index in [1.807, 2.05) is 20.8 Å². The van der Waals surface area contributed by atoms with Crippen LogP contribution in [0.1, 0.15) is 75.7 Å². The van der Waals surface area contributed by atoms with Crippen molar-refractivity contribution in [1.29, 1.82) is 0 Å². The average molecular weight is 489 g/mol. The number of aliphatic hydroxyl groups excluding tert-OH is 1. The van der Waals surface area contributed by atoms with Crippen molar-refractivity contribution in [3.63, 3.8) is 0 Å². The number of alkyl carbamates (subject to hydrolysis) is 1. The molecule has 1 atom stereocenters. The number of carbonyl (C=O) groups is 2. The van der Waals surface area contributed by atoms with Crippen molar-refractivity contribution in [2.24, 2.45) is 12.5 Å². The van der Waals surface area contributed by atoms with Crippen LogP contribution in [0.3, 0.4) is 0 Å². The number of hydrogen-bond donors (Lipinski definition) is 4. The Kier molecular flexibility index (Phi) is 6.48. The van der Waals surface area contributed by atoms with E-state index in [1.165, 1.54) is 6.07 Å². The zero-order valence-corrected chi connectivity index (χ0v) is 20.7. The highest BCUT2D eigenvalue weighted by atomic mass is 19.1. The smallest absolute Gasteiger partial charge is 0.407 e. The third-order valence-corrected chi connectivity index (χ3v) is 6.41. The molecule has 11 heteroatoms. The second-order valence-corrected chi connectivity index (χ2v) is 10.8. The molecular weight excluding hydrogens is 455 g/mol. The molecule has 0 saturated heterocycles. The first kappa shape index (κ1) is 24.9. The molecule has 2 saturated carbocycles. The summed E-state index contributed by atoms with van der Waals surface area (Å²) in [4.78, 5) is 33.0. The zero-order valence-electron chi connectivity index (χ0n) is 20.7. The van der Waals surface area contributed by atoms with Gasteiger partial charge in [-0.25, -0.2) is 14.8 Å². The number of aromatic nitrogens is 3. The van der Waals surface area contributed by atoms with Crippen molar-refractivity contribution in [3.05, 3.63) is 35.7 Å². The predicted molar refractivity (Wildman–Crippen MR) is 127 cm³/mol. The Hall–Kier alpha value is -3.21. The molecule has 0 aromatic carbocycles. The van der Waals surface area contributed by atoms with E-state index in [9.17, 15) is 19.1 Å². The van der Waals surface area contributed by atoms with Crippen molar-refractivity contribution < 1.29 is 23.8 Å². The monoisotopic (exact) mass is 488 g/mol. The van der Waals surface area contributed by atoms with E-state index in [1.54, 1.807) is 24.7 Å². The molecule has 2 aliphatic rings. The lowest BCUT2D eigenvalue weighted by Crippen LogP contribution is -2.59. The molecule has 4 N–H and O–H groups in total. The van der Waals surface area contributed by atoms with E-state index in [0.29, 0.717) is 5.82 Å². The lowest BCUT2D eigenvalue weighted by molar-refractivity contribution is -0.0179. The molecule has 0 bridgehead atoms. The Labute approximate surface area is 203 Å². The summed E-state index contributed by atoms with van der Waals surface area (Å²) in [5.41, 5.74) is -0.192. The Balaban J connectivity index is 1.33. The summed E-state index contributed by atoms with van der Waals surface area (Å²) in [5, 5.41) is 18.6. The highest BCUT2D eigenvalue weighted by Gasteiger charge is 2.53. The SMILES string of the molecule is CC(O)c1nc(NC(=O)c2ccc(F)nc2NC2CC3(CC(NC(=O)OC(C)(C)C)C3)C2)cn1C. The maximum atomic E-state index is 13.9. The van der Waals surface area contributed by atoms with Gasteiger partial charge in [0.2, 0.25) is 5.95 Å². The van der Waals surface area contributed by atoms with E-state index in [2.05, 4.69) is 25.9 Å². The number of hydrogen-bond acceptors (Lipinski definition) is 7. The Morgan fingerprint density at radius 1 is 1.20 bits per heavy atom. The maximum Gasteiger partial charge on any atom is 0.407 e. The summed E-state index contributed by atoms with van der Waals surface area (Å²) in [5.74, 6) is -0.288. The summed E-state index contributed by atoms with van der Waals surface area (Å²) in [6.45, 7) is 7.07. The zero-order chi connectivity index (χ0) is 25.5. The number of nitrogens with one attached hydrogen (secondary N) is 3. The fourth-order valence-corrected chi connectivity index (χ4v) is 5.02. The first-order chi connectivity index (χ1) is 16.3. The fraction of sp³-hybridized carbons (Fsp3) is 0.583. The van der Waals surface area contributed by atoms with Crippen molar-refractivity contribution in [3.8, 4) is 0 Å². The van der Waals surface area contributed by atoms with Crippen LogP contribution in [0.2, 0.25) is 0 Å². The van der Waals surface area contributed by atoms with Gasteiger partial charge in [0.05, 0.1) is 5.56 Å². The Morgan fingerprint density at radius 2 is 1.86 bits per heavy atom. The summed E-state index contributed by atoms with van der Waals surface area (Å²) in [6, 6.07) is 2.66. The number of anilines is 2. The standard InChI is InChI=1S/C24H33FN6O4/c1-13(32)20-29-18(12-31(20)5)30-21(33)16-6-7-17(25)28-19(16)26-14-8-24(9-14)10-15(11-24)27-22(34)35-23(2,3)4/h6-7,12-15,32H,8-11H2,1-5H3,(H,26,28)(H,27,34)(H,30,33). The second kappa shape index (κ2) is 9.10. The fourth-order valence-electron chi connectivity index (χ4n) is 5.02. The van der Waals surface area contributed by atoms with Crippen LogP contribution in [0.15, 0.2) is 18.3 Å². The van der Waals surface area contributed by atoms with Crippen LogP contribution in [-0.4, -0.2) is 49.3 Å². The molecule has 2 aliphatic carbocycles. The van der Waals surface area contributed by atoms with Crippen LogP contribution in [0.4, 0.5) is 20.8 Å². The van der Waals surface area contributed by atoms with E-state index in [4.69, 9.17) is 4.74 Å². The van der Waals surface area contributed by atoms with Crippen LogP contribution in [0.5, 0.6) is 0 Å². The van der Waals surface area contributed by atoms with Crippen molar-refractivity contribution in [2.75, 3.05) is 10.6 Å². The van der Waals surface area contributed by atoms with Gasteiger partial charge in [-0.3, -0.25) is 4.79 Å². The lowest BCUT2D eigenvalue weighted by atomic mass is 9.52. The quantitative estimate of drug-likeness (QED) is 0.458. The van der Waals surface area contributed by atoms with Gasteiger partial charge in [-0.2, -0.15) is 4.39 Å². The molecular formula is C24H33FN6O4. The first-order valence-electron chi connectivity index (χ1n) is 11.8. The second-order valence-electron chi connectivity index (χ2n) is 10.8. The molecule has 2 fully saturated rings. The van der Waals surface area contributed by atoms with Crippen LogP contribution in [0.25, 0.3) is 0 Å². The van der Waals surface area contributed by atoms with E-state index >= 15 is 0 Å². The average Bonchev–Trinajstić information content (AvgIpc) is 3.03. The van der Waals surface area contributed by atoms with Crippen molar-refractivity contribution in [1.82, 2.24) is 19.9 Å². The molecule has 0 aliphatic heterocycles. The van der Waals surface area contributed by atoms with Gasteiger partial charge in [-0.15, -0.1) is 0 Å². The van der Waals surface area contributed by atoms with Gasteiger partial charge < -0.3 is 30.4 Å². The Bertz CT molecular complexity index is 1110. The number of nitrogens with zero attached hydrogens (tertiary/aromatic N) is 3. The normalized spacial score (nSPS) is 24.2. The highest BCUT2D eigenvalue weighted by Crippen LogP contribution is 2.56. The van der Waals surface area contributed by atoms with Crippen molar-refractivity contribution in [2.45, 2.75) is 77.2 Å². The number of rotatable bonds is 6. The third kappa shape index (κ3) is 5.72. The molecule has 2 aromatic heterocycles. The number of ether oxygens (including phenoxy) is 1. The minimum absolute atomic E-state index is 0.0509. The van der Waals surface area contributed by atoms with Crippen LogP contribution >= 0.6 is 0 Å². The first-order valence-corrected chi connectivity index (χ1v) is 11.8. The number of aliphatic hydroxyl groups is 1. The van der Waals surface area contributed by atoms with Gasteiger partial charge in [-0.1, -0.05) is 0 Å². The number of carbonyl (C=O) groups excluding carboxylic acids is 2. The predicted octanol–water partition coefficient (Wildman–Crippen LogP) is 3.51. The maximum absolute atomic E-state index is 13.9. The van der Waals surface area contributed by atoms with Gasteiger partial charge >= 0.3 is 6.09 Å². The molecule has 1 spiro atoms. The Morgan fingerprint density at radius 3 is 2.46 bits per heavy atom. The van der Waals surface area contributed by atoms with Gasteiger partial charge in [-0.05, 0) is 70.9 Å². The van der Waals surface area contributed by atoms with Crippen LogP contribution < -0.4 is 16.0 Å². The molecule has 10 nitrogen and oxygen atoms in total. The number of imidazole rings is 1.